The minimum absolute atomic E-state index is 0.0562. The van der Waals surface area contributed by atoms with Crippen LogP contribution in [0.15, 0.2) is 84.9 Å². The van der Waals surface area contributed by atoms with E-state index in [1.165, 1.54) is 11.1 Å². The molecule has 40 heavy (non-hydrogen) atoms. The van der Waals surface area contributed by atoms with Gasteiger partial charge in [0.25, 0.3) is 5.91 Å². The number of para-hydroxylation sites is 1. The maximum Gasteiger partial charge on any atom is 0.251 e. The second-order valence-corrected chi connectivity index (χ2v) is 10.5. The van der Waals surface area contributed by atoms with E-state index >= 15 is 0 Å². The van der Waals surface area contributed by atoms with Gasteiger partial charge in [-0.1, -0.05) is 60.2 Å². The molecule has 3 aliphatic rings. The lowest BCUT2D eigenvalue weighted by molar-refractivity contribution is -0.122. The molecule has 0 aliphatic carbocycles. The van der Waals surface area contributed by atoms with Crippen molar-refractivity contribution in [1.82, 2.24) is 5.32 Å². The molecule has 3 aliphatic heterocycles. The molecule has 7 heteroatoms. The number of ether oxygens (including phenoxy) is 3. The van der Waals surface area contributed by atoms with Crippen LogP contribution in [0.25, 0.3) is 0 Å². The summed E-state index contributed by atoms with van der Waals surface area (Å²) >= 11 is 0. The molecule has 0 bridgehead atoms. The number of fused-ring (bicyclic) bond motifs is 5. The second-order valence-electron chi connectivity index (χ2n) is 10.5. The van der Waals surface area contributed by atoms with Crippen molar-refractivity contribution in [2.75, 3.05) is 24.8 Å². The topological polar surface area (TPSA) is 77.1 Å². The summed E-state index contributed by atoms with van der Waals surface area (Å²) in [6.07, 6.45) is 0.761. The minimum Gasteiger partial charge on any atom is -0.491 e. The molecule has 3 heterocycles. The van der Waals surface area contributed by atoms with Crippen molar-refractivity contribution in [2.24, 2.45) is 0 Å². The van der Waals surface area contributed by atoms with Gasteiger partial charge in [0.1, 0.15) is 17.8 Å². The van der Waals surface area contributed by atoms with Crippen LogP contribution in [0.5, 0.6) is 17.2 Å². The first-order chi connectivity index (χ1) is 19.5. The Labute approximate surface area is 232 Å². The average molecular weight is 533 g/mol. The first-order valence-corrected chi connectivity index (χ1v) is 13.4. The molecule has 1 atom stereocenters. The second kappa shape index (κ2) is 9.45. The number of hydrogen-bond acceptors (Lipinski definition) is 5. The lowest BCUT2D eigenvalue weighted by atomic mass is 9.77. The standard InChI is InChI=1S/C33H28N2O5/c1-21-9-11-22(12-10-21)13-14-34-31(36)24-6-4-5-23(15-24)18-35-27-8-3-2-7-25(27)33(32(35)37)19-38-28-17-30-29(16-26(28)33)39-20-40-30/h2-12,15-17H,13-14,18-20H2,1H3,(H,34,36). The van der Waals surface area contributed by atoms with Crippen LogP contribution >= 0.6 is 0 Å². The largest absolute Gasteiger partial charge is 0.491 e. The van der Waals surface area contributed by atoms with Crippen molar-refractivity contribution >= 4 is 17.5 Å². The summed E-state index contributed by atoms with van der Waals surface area (Å²) in [7, 11) is 0. The van der Waals surface area contributed by atoms with Gasteiger partial charge in [0.05, 0.1) is 6.54 Å². The van der Waals surface area contributed by atoms with Crippen molar-refractivity contribution < 1.29 is 23.8 Å². The molecule has 2 amide bonds. The monoisotopic (exact) mass is 532 g/mol. The van der Waals surface area contributed by atoms with E-state index in [2.05, 4.69) is 36.5 Å². The molecule has 7 nitrogen and oxygen atoms in total. The zero-order chi connectivity index (χ0) is 27.3. The molecule has 1 spiro atoms. The van der Waals surface area contributed by atoms with E-state index < -0.39 is 5.41 Å². The van der Waals surface area contributed by atoms with Gasteiger partial charge in [0.2, 0.25) is 12.7 Å². The molecule has 0 saturated carbocycles. The minimum atomic E-state index is -0.960. The molecule has 0 radical (unpaired) electrons. The Kier molecular flexibility index (Phi) is 5.73. The zero-order valence-electron chi connectivity index (χ0n) is 22.1. The quantitative estimate of drug-likeness (QED) is 0.382. The number of nitrogens with one attached hydrogen (secondary N) is 1. The number of amides is 2. The van der Waals surface area contributed by atoms with E-state index in [9.17, 15) is 9.59 Å². The van der Waals surface area contributed by atoms with Gasteiger partial charge in [0.15, 0.2) is 11.5 Å². The van der Waals surface area contributed by atoms with Crippen LogP contribution in [0.2, 0.25) is 0 Å². The van der Waals surface area contributed by atoms with Gasteiger partial charge in [-0.15, -0.1) is 0 Å². The summed E-state index contributed by atoms with van der Waals surface area (Å²) in [6, 6.07) is 27.3. The lowest BCUT2D eigenvalue weighted by Crippen LogP contribution is -2.42. The Hall–Kier alpha value is -4.78. The van der Waals surface area contributed by atoms with Crippen LogP contribution in [0.1, 0.15) is 38.2 Å². The summed E-state index contributed by atoms with van der Waals surface area (Å²) in [6.45, 7) is 3.30. The van der Waals surface area contributed by atoms with E-state index in [1.807, 2.05) is 54.6 Å². The normalized spacial score (nSPS) is 18.0. The first kappa shape index (κ1) is 24.3. The van der Waals surface area contributed by atoms with Gasteiger partial charge >= 0.3 is 0 Å². The third kappa shape index (κ3) is 3.88. The van der Waals surface area contributed by atoms with E-state index in [-0.39, 0.29) is 25.2 Å². The van der Waals surface area contributed by atoms with Crippen LogP contribution in [-0.2, 0) is 23.2 Å². The highest BCUT2D eigenvalue weighted by molar-refractivity contribution is 6.11. The number of carbonyl (C=O) groups excluding carboxylic acids is 2. The van der Waals surface area contributed by atoms with E-state index in [0.29, 0.717) is 35.9 Å². The zero-order valence-corrected chi connectivity index (χ0v) is 22.1. The Morgan fingerprint density at radius 1 is 0.850 bits per heavy atom. The van der Waals surface area contributed by atoms with Gasteiger partial charge < -0.3 is 24.4 Å². The van der Waals surface area contributed by atoms with Gasteiger partial charge in [-0.05, 0) is 54.3 Å². The Morgan fingerprint density at radius 3 is 2.50 bits per heavy atom. The fourth-order valence-electron chi connectivity index (χ4n) is 5.89. The number of nitrogens with zero attached hydrogens (tertiary/aromatic N) is 1. The molecule has 1 unspecified atom stereocenters. The highest BCUT2D eigenvalue weighted by Gasteiger charge is 2.57. The summed E-state index contributed by atoms with van der Waals surface area (Å²) in [4.78, 5) is 29.0. The molecule has 200 valence electrons. The number of rotatable bonds is 6. The highest BCUT2D eigenvalue weighted by atomic mass is 16.7. The fourth-order valence-corrected chi connectivity index (χ4v) is 5.89. The SMILES string of the molecule is Cc1ccc(CCNC(=O)c2cccc(CN3C(=O)C4(COc5cc6c(cc54)OCO6)c4ccccc43)c2)cc1. The third-order valence-electron chi connectivity index (χ3n) is 7.99. The van der Waals surface area contributed by atoms with E-state index in [0.717, 1.165) is 28.8 Å². The molecule has 0 fully saturated rings. The van der Waals surface area contributed by atoms with Crippen LogP contribution in [0.3, 0.4) is 0 Å². The summed E-state index contributed by atoms with van der Waals surface area (Å²) in [5.41, 5.74) is 5.41. The number of anilines is 1. The van der Waals surface area contributed by atoms with Gasteiger partial charge in [0, 0.05) is 29.4 Å². The van der Waals surface area contributed by atoms with Crippen molar-refractivity contribution in [1.29, 1.82) is 0 Å². The molecular formula is C33H28N2O5. The van der Waals surface area contributed by atoms with Crippen molar-refractivity contribution in [3.8, 4) is 17.2 Å². The van der Waals surface area contributed by atoms with Crippen LogP contribution < -0.4 is 24.4 Å². The molecule has 0 saturated heterocycles. The molecular weight excluding hydrogens is 504 g/mol. The number of benzene rings is 4. The van der Waals surface area contributed by atoms with Crippen molar-refractivity contribution in [2.45, 2.75) is 25.3 Å². The summed E-state index contributed by atoms with van der Waals surface area (Å²) < 4.78 is 17.2. The molecule has 7 rings (SSSR count). The Bertz CT molecular complexity index is 1650. The van der Waals surface area contributed by atoms with Crippen molar-refractivity contribution in [3.05, 3.63) is 118 Å². The maximum atomic E-state index is 14.3. The number of carbonyl (C=O) groups is 2. The smallest absolute Gasteiger partial charge is 0.251 e. The van der Waals surface area contributed by atoms with Crippen LogP contribution in [0, 0.1) is 6.92 Å². The highest BCUT2D eigenvalue weighted by Crippen LogP contribution is 2.55. The van der Waals surface area contributed by atoms with Crippen LogP contribution in [0.4, 0.5) is 5.69 Å². The lowest BCUT2D eigenvalue weighted by Gasteiger charge is -2.23. The van der Waals surface area contributed by atoms with Crippen molar-refractivity contribution in [3.63, 3.8) is 0 Å². The fraction of sp³-hybridized carbons (Fsp3) is 0.212. The molecule has 4 aromatic rings. The van der Waals surface area contributed by atoms with Gasteiger partial charge in [-0.3, -0.25) is 9.59 Å². The van der Waals surface area contributed by atoms with E-state index in [1.54, 1.807) is 11.0 Å². The van der Waals surface area contributed by atoms with E-state index in [4.69, 9.17) is 14.2 Å². The summed E-state index contributed by atoms with van der Waals surface area (Å²) in [5.74, 6) is 1.69. The average Bonchev–Trinajstić information content (AvgIpc) is 3.65. The predicted molar refractivity (Wildman–Crippen MR) is 150 cm³/mol. The van der Waals surface area contributed by atoms with Crippen LogP contribution in [-0.4, -0.2) is 31.8 Å². The predicted octanol–water partition coefficient (Wildman–Crippen LogP) is 4.92. The summed E-state index contributed by atoms with van der Waals surface area (Å²) in [5, 5.41) is 3.02. The Morgan fingerprint density at radius 2 is 1.65 bits per heavy atom. The maximum absolute atomic E-state index is 14.3. The Balaban J connectivity index is 1.13. The van der Waals surface area contributed by atoms with Gasteiger partial charge in [-0.25, -0.2) is 0 Å². The molecule has 4 aromatic carbocycles. The first-order valence-electron chi connectivity index (χ1n) is 13.4. The third-order valence-corrected chi connectivity index (χ3v) is 7.99. The molecule has 1 N–H and O–H groups in total. The number of hydrogen-bond donors (Lipinski definition) is 1. The van der Waals surface area contributed by atoms with Gasteiger partial charge in [-0.2, -0.15) is 0 Å². The molecule has 0 aromatic heterocycles. The number of aryl methyl sites for hydroxylation is 1.